The zero-order valence-electron chi connectivity index (χ0n) is 11.8. The van der Waals surface area contributed by atoms with Crippen LogP contribution in [0.1, 0.15) is 34.8 Å². The Balaban J connectivity index is 2.02. The highest BCUT2D eigenvalue weighted by Crippen LogP contribution is 2.38. The first kappa shape index (κ1) is 13.4. The van der Waals surface area contributed by atoms with E-state index in [1.165, 1.54) is 12.1 Å². The van der Waals surface area contributed by atoms with Gasteiger partial charge < -0.3 is 10.2 Å². The van der Waals surface area contributed by atoms with E-state index in [0.717, 1.165) is 28.7 Å². The summed E-state index contributed by atoms with van der Waals surface area (Å²) in [7, 11) is 0. The van der Waals surface area contributed by atoms with Gasteiger partial charge in [-0.25, -0.2) is 0 Å². The molecule has 0 saturated carbocycles. The number of fused-ring (bicyclic) bond motifs is 1. The van der Waals surface area contributed by atoms with E-state index < -0.39 is 0 Å². The fraction of sp³-hybridized carbons (Fsp3) is 0.167. The lowest BCUT2D eigenvalue weighted by molar-refractivity contribution is 0.103. The number of hydrogen-bond acceptors (Lipinski definition) is 3. The minimum atomic E-state index is -0.0115. The van der Waals surface area contributed by atoms with Crippen molar-refractivity contribution in [2.75, 3.05) is 0 Å². The van der Waals surface area contributed by atoms with Crippen LogP contribution in [0, 0.1) is 0 Å². The van der Waals surface area contributed by atoms with Crippen LogP contribution in [-0.2, 0) is 6.42 Å². The van der Waals surface area contributed by atoms with Crippen molar-refractivity contribution in [1.29, 1.82) is 0 Å². The van der Waals surface area contributed by atoms with E-state index in [4.69, 9.17) is 0 Å². The summed E-state index contributed by atoms with van der Waals surface area (Å²) in [6.07, 6.45) is 1.32. The highest BCUT2D eigenvalue weighted by atomic mass is 16.3. The Bertz CT molecular complexity index is 740. The van der Waals surface area contributed by atoms with Gasteiger partial charge in [0, 0.05) is 17.6 Å². The number of ketones is 1. The number of hydrogen-bond donors (Lipinski definition) is 2. The molecule has 1 aliphatic carbocycles. The van der Waals surface area contributed by atoms with Gasteiger partial charge in [0.05, 0.1) is 0 Å². The van der Waals surface area contributed by atoms with Crippen molar-refractivity contribution in [3.05, 3.63) is 64.7 Å². The second-order valence-electron chi connectivity index (χ2n) is 5.20. The van der Waals surface area contributed by atoms with Crippen molar-refractivity contribution >= 4 is 11.4 Å². The first-order valence-electron chi connectivity index (χ1n) is 6.98. The highest BCUT2D eigenvalue weighted by molar-refractivity contribution is 6.14. The maximum Gasteiger partial charge on any atom is 0.189 e. The number of benzene rings is 2. The number of carbonyl (C=O) groups excluding carboxylic acids is 1. The third-order valence-electron chi connectivity index (χ3n) is 3.90. The van der Waals surface area contributed by atoms with E-state index in [2.05, 4.69) is 0 Å². The number of rotatable bonds is 3. The third-order valence-corrected chi connectivity index (χ3v) is 3.90. The van der Waals surface area contributed by atoms with Gasteiger partial charge in [-0.3, -0.25) is 4.79 Å². The molecule has 0 radical (unpaired) electrons. The Labute approximate surface area is 123 Å². The first-order chi connectivity index (χ1) is 10.1. The summed E-state index contributed by atoms with van der Waals surface area (Å²) in [5.74, 6) is 0.362. The van der Waals surface area contributed by atoms with Crippen LogP contribution in [0.4, 0.5) is 0 Å². The molecule has 3 nitrogen and oxygen atoms in total. The van der Waals surface area contributed by atoms with Gasteiger partial charge in [-0.05, 0) is 59.5 Å². The largest absolute Gasteiger partial charge is 0.508 e. The quantitative estimate of drug-likeness (QED) is 0.843. The topological polar surface area (TPSA) is 57.5 Å². The molecular weight excluding hydrogens is 264 g/mol. The molecular formula is C18H16O3. The second-order valence-corrected chi connectivity index (χ2v) is 5.20. The minimum absolute atomic E-state index is 0.0115. The van der Waals surface area contributed by atoms with Crippen LogP contribution in [0.25, 0.3) is 5.57 Å². The Kier molecular flexibility index (Phi) is 3.26. The van der Waals surface area contributed by atoms with E-state index in [1.807, 2.05) is 13.0 Å². The molecule has 0 atom stereocenters. The number of phenolic OH excluding ortho intramolecular Hbond substituents is 2. The molecule has 106 valence electrons. The SMILES string of the molecule is CCC1=C(C(=O)c2ccc(O)cc2)Cc2cc(O)ccc21. The number of Topliss-reactive ketones (excluding diaryl/α,β-unsaturated/α-hetero) is 1. The molecule has 0 fully saturated rings. The van der Waals surface area contributed by atoms with Crippen LogP contribution in [-0.4, -0.2) is 16.0 Å². The molecule has 0 aromatic heterocycles. The molecule has 0 heterocycles. The van der Waals surface area contributed by atoms with Crippen molar-refractivity contribution < 1.29 is 15.0 Å². The summed E-state index contributed by atoms with van der Waals surface area (Å²) in [5.41, 5.74) is 4.45. The molecule has 2 aromatic carbocycles. The van der Waals surface area contributed by atoms with Gasteiger partial charge in [0.15, 0.2) is 5.78 Å². The third kappa shape index (κ3) is 2.31. The highest BCUT2D eigenvalue weighted by Gasteiger charge is 2.25. The molecule has 0 saturated heterocycles. The number of carbonyl (C=O) groups is 1. The van der Waals surface area contributed by atoms with E-state index in [1.54, 1.807) is 24.3 Å². The summed E-state index contributed by atoms with van der Waals surface area (Å²) in [5, 5.41) is 18.9. The second kappa shape index (κ2) is 5.09. The van der Waals surface area contributed by atoms with Crippen LogP contribution in [0.3, 0.4) is 0 Å². The molecule has 0 unspecified atom stereocenters. The van der Waals surface area contributed by atoms with Gasteiger partial charge in [0.1, 0.15) is 11.5 Å². The fourth-order valence-electron chi connectivity index (χ4n) is 2.89. The monoisotopic (exact) mass is 280 g/mol. The lowest BCUT2D eigenvalue weighted by Gasteiger charge is -2.06. The molecule has 2 aromatic rings. The standard InChI is InChI=1S/C18H16O3/c1-2-15-16-8-7-14(20)9-12(16)10-17(15)18(21)11-3-5-13(19)6-4-11/h3-9,19-20H,2,10H2,1H3. The van der Waals surface area contributed by atoms with E-state index in [0.29, 0.717) is 12.0 Å². The zero-order valence-corrected chi connectivity index (χ0v) is 11.8. The lowest BCUT2D eigenvalue weighted by atomic mass is 9.97. The number of allylic oxidation sites excluding steroid dienone is 2. The predicted octanol–water partition coefficient (Wildman–Crippen LogP) is 3.70. The average molecular weight is 280 g/mol. The minimum Gasteiger partial charge on any atom is -0.508 e. The van der Waals surface area contributed by atoms with E-state index in [9.17, 15) is 15.0 Å². The molecule has 21 heavy (non-hydrogen) atoms. The van der Waals surface area contributed by atoms with Crippen molar-refractivity contribution in [1.82, 2.24) is 0 Å². The predicted molar refractivity (Wildman–Crippen MR) is 81.5 cm³/mol. The van der Waals surface area contributed by atoms with Crippen molar-refractivity contribution in [2.45, 2.75) is 19.8 Å². The first-order valence-corrected chi connectivity index (χ1v) is 6.98. The van der Waals surface area contributed by atoms with Crippen LogP contribution in [0.15, 0.2) is 48.0 Å². The van der Waals surface area contributed by atoms with E-state index in [-0.39, 0.29) is 17.3 Å². The molecule has 0 amide bonds. The molecule has 3 rings (SSSR count). The Morgan fingerprint density at radius 1 is 1.05 bits per heavy atom. The van der Waals surface area contributed by atoms with Crippen molar-refractivity contribution in [3.8, 4) is 11.5 Å². The smallest absolute Gasteiger partial charge is 0.189 e. The number of aromatic hydroxyl groups is 2. The van der Waals surface area contributed by atoms with Crippen molar-refractivity contribution in [3.63, 3.8) is 0 Å². The summed E-state index contributed by atoms with van der Waals surface area (Å²) in [6.45, 7) is 2.03. The van der Waals surface area contributed by atoms with Gasteiger partial charge in [0.25, 0.3) is 0 Å². The van der Waals surface area contributed by atoms with Gasteiger partial charge in [0.2, 0.25) is 0 Å². The van der Waals surface area contributed by atoms with Crippen LogP contribution in [0.2, 0.25) is 0 Å². The average Bonchev–Trinajstić information content (AvgIpc) is 2.84. The van der Waals surface area contributed by atoms with Crippen LogP contribution < -0.4 is 0 Å². The van der Waals surface area contributed by atoms with Gasteiger partial charge in [-0.1, -0.05) is 13.0 Å². The van der Waals surface area contributed by atoms with Crippen molar-refractivity contribution in [2.24, 2.45) is 0 Å². The summed E-state index contributed by atoms with van der Waals surface area (Å²) in [6, 6.07) is 11.6. The molecule has 3 heteroatoms. The molecule has 0 aliphatic heterocycles. The van der Waals surface area contributed by atoms with E-state index >= 15 is 0 Å². The molecule has 0 bridgehead atoms. The molecule has 1 aliphatic rings. The lowest BCUT2D eigenvalue weighted by Crippen LogP contribution is -2.04. The van der Waals surface area contributed by atoms with Crippen LogP contribution in [0.5, 0.6) is 11.5 Å². The van der Waals surface area contributed by atoms with Gasteiger partial charge in [-0.15, -0.1) is 0 Å². The van der Waals surface area contributed by atoms with Crippen LogP contribution >= 0.6 is 0 Å². The Morgan fingerprint density at radius 2 is 1.71 bits per heavy atom. The maximum absolute atomic E-state index is 12.7. The van der Waals surface area contributed by atoms with Gasteiger partial charge in [-0.2, -0.15) is 0 Å². The fourth-order valence-corrected chi connectivity index (χ4v) is 2.89. The maximum atomic E-state index is 12.7. The summed E-state index contributed by atoms with van der Waals surface area (Å²) in [4.78, 5) is 12.7. The summed E-state index contributed by atoms with van der Waals surface area (Å²) < 4.78 is 0. The molecule has 2 N–H and O–H groups in total. The molecule has 0 spiro atoms. The summed E-state index contributed by atoms with van der Waals surface area (Å²) >= 11 is 0. The Hall–Kier alpha value is -2.55. The number of phenols is 2. The normalized spacial score (nSPS) is 13.4. The zero-order chi connectivity index (χ0) is 15.0. The Morgan fingerprint density at radius 3 is 2.38 bits per heavy atom. The van der Waals surface area contributed by atoms with Gasteiger partial charge >= 0.3 is 0 Å².